The summed E-state index contributed by atoms with van der Waals surface area (Å²) < 4.78 is 5.56. The molecule has 1 N–H and O–H groups in total. The quantitative estimate of drug-likeness (QED) is 0.630. The van der Waals surface area contributed by atoms with Crippen molar-refractivity contribution >= 4 is 10.8 Å². The molecule has 2 rings (SSSR count). The van der Waals surface area contributed by atoms with Crippen molar-refractivity contribution < 1.29 is 9.84 Å². The van der Waals surface area contributed by atoms with E-state index < -0.39 is 0 Å². The Kier molecular flexibility index (Phi) is 6.72. The molecule has 0 amide bonds. The molecule has 3 heteroatoms. The van der Waals surface area contributed by atoms with Crippen molar-refractivity contribution in [2.75, 3.05) is 20.8 Å². The highest BCUT2D eigenvalue weighted by atomic mass is 16.5. The van der Waals surface area contributed by atoms with E-state index in [9.17, 15) is 5.11 Å². The van der Waals surface area contributed by atoms with Crippen LogP contribution in [0.15, 0.2) is 61.0 Å². The molecule has 2 unspecified atom stereocenters. The number of allylic oxidation sites excluding steroid dienone is 1. The van der Waals surface area contributed by atoms with Gasteiger partial charge in [-0.1, -0.05) is 69.8 Å². The number of hydrogen-bond donors (Lipinski definition) is 1. The normalized spacial score (nSPS) is 14.4. The maximum absolute atomic E-state index is 10.4. The zero-order valence-corrected chi connectivity index (χ0v) is 17.5. The molecule has 146 valence electrons. The maximum atomic E-state index is 10.4. The SMILES string of the molecule is C=C(O)C(C(COC)c1ccc(C(C)(C)C)c2ccccc12)N(C)/C=C\C. The van der Waals surface area contributed by atoms with Crippen LogP contribution in [-0.4, -0.2) is 36.8 Å². The first-order valence-corrected chi connectivity index (χ1v) is 9.46. The Labute approximate surface area is 164 Å². The van der Waals surface area contributed by atoms with Gasteiger partial charge in [0.05, 0.1) is 12.6 Å². The highest BCUT2D eigenvalue weighted by Gasteiger charge is 2.30. The van der Waals surface area contributed by atoms with E-state index in [-0.39, 0.29) is 23.1 Å². The van der Waals surface area contributed by atoms with E-state index in [0.29, 0.717) is 6.61 Å². The van der Waals surface area contributed by atoms with Gasteiger partial charge in [0.2, 0.25) is 0 Å². The molecule has 0 aliphatic carbocycles. The van der Waals surface area contributed by atoms with Crippen LogP contribution in [0.25, 0.3) is 10.8 Å². The van der Waals surface area contributed by atoms with E-state index in [1.54, 1.807) is 7.11 Å². The third-order valence-corrected chi connectivity index (χ3v) is 5.06. The number of benzene rings is 2. The minimum absolute atomic E-state index is 0.0485. The average molecular weight is 368 g/mol. The van der Waals surface area contributed by atoms with Gasteiger partial charge in [0.25, 0.3) is 0 Å². The van der Waals surface area contributed by atoms with Crippen LogP contribution in [0.3, 0.4) is 0 Å². The van der Waals surface area contributed by atoms with Crippen LogP contribution in [0.1, 0.15) is 44.7 Å². The molecule has 0 fully saturated rings. The fourth-order valence-electron chi connectivity index (χ4n) is 3.91. The lowest BCUT2D eigenvalue weighted by atomic mass is 9.79. The fraction of sp³-hybridized carbons (Fsp3) is 0.417. The topological polar surface area (TPSA) is 32.7 Å². The summed E-state index contributed by atoms with van der Waals surface area (Å²) in [7, 11) is 3.66. The summed E-state index contributed by atoms with van der Waals surface area (Å²) in [5, 5.41) is 12.8. The van der Waals surface area contributed by atoms with Crippen molar-refractivity contribution in [1.29, 1.82) is 0 Å². The molecule has 0 aliphatic heterocycles. The number of fused-ring (bicyclic) bond motifs is 1. The van der Waals surface area contributed by atoms with Crippen LogP contribution in [0, 0.1) is 0 Å². The van der Waals surface area contributed by atoms with E-state index in [4.69, 9.17) is 4.74 Å². The molecule has 0 saturated heterocycles. The van der Waals surface area contributed by atoms with Crippen molar-refractivity contribution in [3.05, 3.63) is 72.1 Å². The van der Waals surface area contributed by atoms with Crippen molar-refractivity contribution in [2.45, 2.75) is 45.1 Å². The highest BCUT2D eigenvalue weighted by molar-refractivity contribution is 5.90. The molecule has 0 aromatic heterocycles. The van der Waals surface area contributed by atoms with Crippen molar-refractivity contribution in [3.63, 3.8) is 0 Å². The number of likely N-dealkylation sites (N-methyl/N-ethyl adjacent to an activating group) is 1. The van der Waals surface area contributed by atoms with E-state index in [1.807, 2.05) is 31.1 Å². The van der Waals surface area contributed by atoms with Crippen LogP contribution in [0.2, 0.25) is 0 Å². The summed E-state index contributed by atoms with van der Waals surface area (Å²) in [5.41, 5.74) is 2.53. The largest absolute Gasteiger partial charge is 0.511 e. The van der Waals surface area contributed by atoms with E-state index >= 15 is 0 Å². The third-order valence-electron chi connectivity index (χ3n) is 5.06. The molecular formula is C24H33NO2. The minimum Gasteiger partial charge on any atom is -0.511 e. The zero-order chi connectivity index (χ0) is 20.2. The predicted molar refractivity (Wildman–Crippen MR) is 115 cm³/mol. The Hall–Kier alpha value is -2.26. The monoisotopic (exact) mass is 367 g/mol. The Morgan fingerprint density at radius 2 is 1.81 bits per heavy atom. The van der Waals surface area contributed by atoms with E-state index in [1.165, 1.54) is 16.3 Å². The molecule has 0 radical (unpaired) electrons. The highest BCUT2D eigenvalue weighted by Crippen LogP contribution is 2.37. The van der Waals surface area contributed by atoms with Crippen molar-refractivity contribution in [1.82, 2.24) is 4.90 Å². The number of methoxy groups -OCH3 is 1. The maximum Gasteiger partial charge on any atom is 0.108 e. The number of aliphatic hydroxyl groups excluding tert-OH is 1. The second-order valence-electron chi connectivity index (χ2n) is 8.14. The number of ether oxygens (including phenoxy) is 1. The molecule has 27 heavy (non-hydrogen) atoms. The second-order valence-corrected chi connectivity index (χ2v) is 8.14. The first kappa shape index (κ1) is 21.0. The smallest absolute Gasteiger partial charge is 0.108 e. The number of hydrogen-bond acceptors (Lipinski definition) is 3. The summed E-state index contributed by atoms with van der Waals surface area (Å²) >= 11 is 0. The standard InChI is InChI=1S/C24H33NO2/c1-8-15-25(6)23(17(2)26)21(16-27-7)19-13-14-22(24(3,4)5)20-12-10-9-11-18(19)20/h8-15,21,23,26H,2,16H2,1,3-7H3/b15-8-. The van der Waals surface area contributed by atoms with Crippen LogP contribution < -0.4 is 0 Å². The van der Waals surface area contributed by atoms with Gasteiger partial charge < -0.3 is 14.7 Å². The molecule has 2 aromatic rings. The van der Waals surface area contributed by atoms with Gasteiger partial charge in [-0.3, -0.25) is 0 Å². The van der Waals surface area contributed by atoms with Crippen LogP contribution >= 0.6 is 0 Å². The first-order valence-electron chi connectivity index (χ1n) is 9.46. The summed E-state index contributed by atoms with van der Waals surface area (Å²) in [5.74, 6) is 0.0919. The Bertz CT molecular complexity index is 817. The summed E-state index contributed by atoms with van der Waals surface area (Å²) in [6.07, 6.45) is 3.92. The molecule has 2 aromatic carbocycles. The van der Waals surface area contributed by atoms with Crippen molar-refractivity contribution in [2.24, 2.45) is 0 Å². The van der Waals surface area contributed by atoms with Gasteiger partial charge in [-0.25, -0.2) is 0 Å². The van der Waals surface area contributed by atoms with Crippen LogP contribution in [0.4, 0.5) is 0 Å². The summed E-state index contributed by atoms with van der Waals surface area (Å²) in [4.78, 5) is 2.00. The van der Waals surface area contributed by atoms with E-state index in [0.717, 1.165) is 5.56 Å². The predicted octanol–water partition coefficient (Wildman–Crippen LogP) is 5.77. The van der Waals surface area contributed by atoms with Crippen LogP contribution in [0.5, 0.6) is 0 Å². The van der Waals surface area contributed by atoms with Gasteiger partial charge in [0, 0.05) is 20.1 Å². The first-order chi connectivity index (χ1) is 12.7. The fourth-order valence-corrected chi connectivity index (χ4v) is 3.91. The molecular weight excluding hydrogens is 334 g/mol. The molecule has 0 bridgehead atoms. The third kappa shape index (κ3) is 4.54. The molecule has 2 atom stereocenters. The molecule has 0 spiro atoms. The van der Waals surface area contributed by atoms with Crippen molar-refractivity contribution in [3.8, 4) is 0 Å². The number of nitrogens with zero attached hydrogens (tertiary/aromatic N) is 1. The lowest BCUT2D eigenvalue weighted by molar-refractivity contribution is 0.134. The molecule has 0 heterocycles. The van der Waals surface area contributed by atoms with E-state index in [2.05, 4.69) is 63.7 Å². The molecule has 0 saturated carbocycles. The summed E-state index contributed by atoms with van der Waals surface area (Å²) in [6, 6.07) is 12.6. The van der Waals surface area contributed by atoms with Gasteiger partial charge in [-0.05, 0) is 40.4 Å². The second kappa shape index (κ2) is 8.62. The van der Waals surface area contributed by atoms with Gasteiger partial charge >= 0.3 is 0 Å². The minimum atomic E-state index is -0.273. The molecule has 3 nitrogen and oxygen atoms in total. The zero-order valence-electron chi connectivity index (χ0n) is 17.5. The Balaban J connectivity index is 2.71. The lowest BCUT2D eigenvalue weighted by Crippen LogP contribution is -2.37. The van der Waals surface area contributed by atoms with Gasteiger partial charge in [-0.2, -0.15) is 0 Å². The van der Waals surface area contributed by atoms with Gasteiger partial charge in [-0.15, -0.1) is 0 Å². The Morgan fingerprint density at radius 1 is 1.19 bits per heavy atom. The summed E-state index contributed by atoms with van der Waals surface area (Å²) in [6.45, 7) is 13.0. The van der Waals surface area contributed by atoms with Crippen LogP contribution in [-0.2, 0) is 10.2 Å². The van der Waals surface area contributed by atoms with Gasteiger partial charge in [0.15, 0.2) is 0 Å². The van der Waals surface area contributed by atoms with Gasteiger partial charge in [0.1, 0.15) is 5.76 Å². The lowest BCUT2D eigenvalue weighted by Gasteiger charge is -2.34. The average Bonchev–Trinajstić information content (AvgIpc) is 2.59. The number of aliphatic hydroxyl groups is 1. The Morgan fingerprint density at radius 3 is 2.33 bits per heavy atom. The molecule has 0 aliphatic rings. The number of rotatable bonds is 7.